The fourth-order valence-electron chi connectivity index (χ4n) is 1.53. The number of benzene rings is 1. The summed E-state index contributed by atoms with van der Waals surface area (Å²) in [4.78, 5) is 12.8. The molecule has 0 aliphatic rings. The maximum Gasteiger partial charge on any atom is 0.316 e. The van der Waals surface area contributed by atoms with E-state index >= 15 is 0 Å². The number of rotatable bonds is 6. The lowest BCUT2D eigenvalue weighted by atomic mass is 10.2. The number of carbonyl (C=O) groups excluding carboxylic acids is 1. The maximum atomic E-state index is 11.3. The molecule has 0 heterocycles. The van der Waals surface area contributed by atoms with Gasteiger partial charge in [0.2, 0.25) is 0 Å². The number of nitrogens with one attached hydrogen (secondary N) is 2. The molecule has 0 saturated heterocycles. The van der Waals surface area contributed by atoms with Crippen LogP contribution in [0.1, 0.15) is 13.8 Å². The largest absolute Gasteiger partial charge is 0.489 e. The minimum atomic E-state index is -0.104. The summed E-state index contributed by atoms with van der Waals surface area (Å²) < 4.78 is 5.62. The number of nitrogens with zero attached hydrogens (tertiary/aromatic N) is 1. The zero-order valence-corrected chi connectivity index (χ0v) is 12.6. The van der Waals surface area contributed by atoms with Crippen molar-refractivity contribution in [2.75, 3.05) is 38.2 Å². The van der Waals surface area contributed by atoms with Gasteiger partial charge in [0.1, 0.15) is 5.75 Å². The van der Waals surface area contributed by atoms with Gasteiger partial charge < -0.3 is 26.0 Å². The Morgan fingerprint density at radius 3 is 2.65 bits per heavy atom. The van der Waals surface area contributed by atoms with Gasteiger partial charge in [-0.25, -0.2) is 4.79 Å². The van der Waals surface area contributed by atoms with Crippen molar-refractivity contribution in [2.24, 2.45) is 0 Å². The molecule has 1 rings (SSSR count). The van der Waals surface area contributed by atoms with Gasteiger partial charge >= 0.3 is 6.03 Å². The topological polar surface area (TPSA) is 79.6 Å². The Labute approximate surface area is 120 Å². The first-order valence-electron chi connectivity index (χ1n) is 6.65. The van der Waals surface area contributed by atoms with Crippen molar-refractivity contribution in [1.29, 1.82) is 0 Å². The highest BCUT2D eigenvalue weighted by molar-refractivity contribution is 5.73. The molecule has 0 aliphatic heterocycles. The van der Waals surface area contributed by atoms with Gasteiger partial charge in [-0.2, -0.15) is 0 Å². The van der Waals surface area contributed by atoms with Crippen molar-refractivity contribution >= 4 is 17.4 Å². The molecule has 1 aromatic carbocycles. The maximum absolute atomic E-state index is 11.3. The molecule has 0 spiro atoms. The van der Waals surface area contributed by atoms with Crippen LogP contribution in [0.3, 0.4) is 0 Å². The summed E-state index contributed by atoms with van der Waals surface area (Å²) in [6.07, 6.45) is 0.0759. The number of hydrogen-bond donors (Lipinski definition) is 3. The van der Waals surface area contributed by atoms with Gasteiger partial charge in [-0.1, -0.05) is 0 Å². The number of hydrogen-bond acceptors (Lipinski definition) is 4. The van der Waals surface area contributed by atoms with Crippen LogP contribution in [-0.4, -0.2) is 44.2 Å². The summed E-state index contributed by atoms with van der Waals surface area (Å²) in [7, 11) is 3.41. The van der Waals surface area contributed by atoms with E-state index < -0.39 is 0 Å². The van der Waals surface area contributed by atoms with Gasteiger partial charge in [0, 0.05) is 38.9 Å². The Kier molecular flexibility index (Phi) is 5.96. The lowest BCUT2D eigenvalue weighted by Crippen LogP contribution is -2.37. The summed E-state index contributed by atoms with van der Waals surface area (Å²) in [6.45, 7) is 5.08. The predicted octanol–water partition coefficient (Wildman–Crippen LogP) is 1.74. The summed E-state index contributed by atoms with van der Waals surface area (Å²) in [5, 5.41) is 5.99. The first-order chi connectivity index (χ1) is 9.40. The Balaban J connectivity index is 2.46. The number of anilines is 2. The van der Waals surface area contributed by atoms with Crippen LogP contribution < -0.4 is 21.1 Å². The lowest BCUT2D eigenvalue weighted by molar-refractivity contribution is 0.218. The van der Waals surface area contributed by atoms with Crippen molar-refractivity contribution in [2.45, 2.75) is 20.0 Å². The highest BCUT2D eigenvalue weighted by Gasteiger charge is 2.05. The SMILES string of the molecule is CC(C)Oc1cc(NCCNC(=O)N(C)C)ccc1N. The second-order valence-corrected chi connectivity index (χ2v) is 4.97. The first kappa shape index (κ1) is 15.9. The number of ether oxygens (including phenoxy) is 1. The van der Waals surface area contributed by atoms with Crippen LogP contribution in [0.2, 0.25) is 0 Å². The fourth-order valence-corrected chi connectivity index (χ4v) is 1.53. The third-order valence-electron chi connectivity index (χ3n) is 2.51. The van der Waals surface area contributed by atoms with Gasteiger partial charge in [0.05, 0.1) is 11.8 Å². The Bertz CT molecular complexity index is 447. The van der Waals surface area contributed by atoms with E-state index in [4.69, 9.17) is 10.5 Å². The number of carbonyl (C=O) groups is 1. The van der Waals surface area contributed by atoms with E-state index in [0.717, 1.165) is 5.69 Å². The Morgan fingerprint density at radius 2 is 2.05 bits per heavy atom. The van der Waals surface area contributed by atoms with Crippen LogP contribution in [-0.2, 0) is 0 Å². The normalized spacial score (nSPS) is 10.2. The fraction of sp³-hybridized carbons (Fsp3) is 0.500. The summed E-state index contributed by atoms with van der Waals surface area (Å²) in [6, 6.07) is 5.45. The van der Waals surface area contributed by atoms with E-state index in [1.165, 1.54) is 4.90 Å². The molecule has 112 valence electrons. The molecule has 0 fully saturated rings. The van der Waals surface area contributed by atoms with Crippen molar-refractivity contribution < 1.29 is 9.53 Å². The molecule has 0 bridgehead atoms. The summed E-state index contributed by atoms with van der Waals surface area (Å²) in [5.74, 6) is 0.669. The molecule has 6 nitrogen and oxygen atoms in total. The van der Waals surface area contributed by atoms with Crippen LogP contribution >= 0.6 is 0 Å². The van der Waals surface area contributed by atoms with E-state index in [1.807, 2.05) is 26.0 Å². The van der Waals surface area contributed by atoms with Crippen molar-refractivity contribution in [3.05, 3.63) is 18.2 Å². The summed E-state index contributed by atoms with van der Waals surface area (Å²) >= 11 is 0. The van der Waals surface area contributed by atoms with Crippen molar-refractivity contribution in [3.8, 4) is 5.75 Å². The molecule has 4 N–H and O–H groups in total. The minimum absolute atomic E-state index is 0.0759. The molecule has 20 heavy (non-hydrogen) atoms. The molecule has 0 atom stereocenters. The number of amides is 2. The van der Waals surface area contributed by atoms with Crippen LogP contribution in [0.15, 0.2) is 18.2 Å². The standard InChI is InChI=1S/C14H24N4O2/c1-10(2)20-13-9-11(5-6-12(13)15)16-7-8-17-14(19)18(3)4/h5-6,9-10,16H,7-8,15H2,1-4H3,(H,17,19). The highest BCUT2D eigenvalue weighted by Crippen LogP contribution is 2.26. The van der Waals surface area contributed by atoms with E-state index in [0.29, 0.717) is 24.5 Å². The van der Waals surface area contributed by atoms with Crippen LogP contribution in [0, 0.1) is 0 Å². The minimum Gasteiger partial charge on any atom is -0.489 e. The van der Waals surface area contributed by atoms with Gasteiger partial charge in [-0.15, -0.1) is 0 Å². The van der Waals surface area contributed by atoms with E-state index in [9.17, 15) is 4.79 Å². The molecule has 6 heteroatoms. The molecular weight excluding hydrogens is 256 g/mol. The summed E-state index contributed by atoms with van der Waals surface area (Å²) in [5.41, 5.74) is 7.38. The lowest BCUT2D eigenvalue weighted by Gasteiger charge is -2.15. The highest BCUT2D eigenvalue weighted by atomic mass is 16.5. The van der Waals surface area contributed by atoms with E-state index in [-0.39, 0.29) is 12.1 Å². The van der Waals surface area contributed by atoms with Gasteiger partial charge in [0.15, 0.2) is 0 Å². The van der Waals surface area contributed by atoms with E-state index in [2.05, 4.69) is 10.6 Å². The van der Waals surface area contributed by atoms with Crippen LogP contribution in [0.5, 0.6) is 5.75 Å². The van der Waals surface area contributed by atoms with Crippen LogP contribution in [0.4, 0.5) is 16.2 Å². The van der Waals surface area contributed by atoms with Gasteiger partial charge in [-0.3, -0.25) is 0 Å². The van der Waals surface area contributed by atoms with Gasteiger partial charge in [0.25, 0.3) is 0 Å². The average molecular weight is 280 g/mol. The predicted molar refractivity (Wildman–Crippen MR) is 82.2 cm³/mol. The Morgan fingerprint density at radius 1 is 1.35 bits per heavy atom. The third kappa shape index (κ3) is 5.26. The van der Waals surface area contributed by atoms with E-state index in [1.54, 1.807) is 20.2 Å². The number of nitrogen functional groups attached to an aromatic ring is 1. The zero-order chi connectivity index (χ0) is 15.1. The molecule has 2 amide bonds. The van der Waals surface area contributed by atoms with Crippen molar-refractivity contribution in [3.63, 3.8) is 0 Å². The smallest absolute Gasteiger partial charge is 0.316 e. The molecule has 0 saturated carbocycles. The molecule has 1 aromatic rings. The Hall–Kier alpha value is -2.11. The number of urea groups is 1. The second-order valence-electron chi connectivity index (χ2n) is 4.97. The molecule has 0 aromatic heterocycles. The average Bonchev–Trinajstić information content (AvgIpc) is 2.37. The molecule has 0 aliphatic carbocycles. The quantitative estimate of drug-likeness (QED) is 0.548. The molecule has 0 unspecified atom stereocenters. The second kappa shape index (κ2) is 7.47. The monoisotopic (exact) mass is 280 g/mol. The third-order valence-corrected chi connectivity index (χ3v) is 2.51. The van der Waals surface area contributed by atoms with Crippen LogP contribution in [0.25, 0.3) is 0 Å². The molecular formula is C14H24N4O2. The molecule has 0 radical (unpaired) electrons. The van der Waals surface area contributed by atoms with Crippen molar-refractivity contribution in [1.82, 2.24) is 10.2 Å². The zero-order valence-electron chi connectivity index (χ0n) is 12.6. The number of nitrogens with two attached hydrogens (primary N) is 1. The van der Waals surface area contributed by atoms with Gasteiger partial charge in [-0.05, 0) is 26.0 Å². The first-order valence-corrected chi connectivity index (χ1v) is 6.65.